The maximum atomic E-state index is 5.16. The number of methoxy groups -OCH3 is 1. The summed E-state index contributed by atoms with van der Waals surface area (Å²) in [6.07, 6.45) is 11.1. The van der Waals surface area contributed by atoms with Crippen LogP contribution < -0.4 is 4.74 Å². The van der Waals surface area contributed by atoms with Gasteiger partial charge in [-0.15, -0.1) is 0 Å². The number of aliphatic imine (C=N–C) groups is 3. The summed E-state index contributed by atoms with van der Waals surface area (Å²) in [6, 6.07) is 11.5. The van der Waals surface area contributed by atoms with Gasteiger partial charge in [0.25, 0.3) is 0 Å². The van der Waals surface area contributed by atoms with E-state index >= 15 is 0 Å². The van der Waals surface area contributed by atoms with Crippen molar-refractivity contribution >= 4 is 17.8 Å². The van der Waals surface area contributed by atoms with Crippen LogP contribution in [0.5, 0.6) is 5.75 Å². The number of fused-ring (bicyclic) bond motifs is 1. The lowest BCUT2D eigenvalue weighted by Crippen LogP contribution is -2.04. The molecule has 0 amide bonds. The average molecular weight is 327 g/mol. The lowest BCUT2D eigenvalue weighted by Gasteiger charge is -2.06. The molecule has 0 bridgehead atoms. The number of aromatic nitrogens is 1. The van der Waals surface area contributed by atoms with Gasteiger partial charge in [0.15, 0.2) is 5.84 Å². The molecule has 4 rings (SSSR count). The minimum absolute atomic E-state index is 0.702. The van der Waals surface area contributed by atoms with Crippen LogP contribution in [0.15, 0.2) is 87.3 Å². The van der Waals surface area contributed by atoms with Gasteiger partial charge in [0.05, 0.1) is 30.6 Å². The number of hydrogen-bond acceptors (Lipinski definition) is 5. The van der Waals surface area contributed by atoms with Gasteiger partial charge in [0.2, 0.25) is 0 Å². The van der Waals surface area contributed by atoms with Crippen molar-refractivity contribution in [3.05, 3.63) is 89.9 Å². The number of nitrogens with zero attached hydrogens (tertiary/aromatic N) is 4. The van der Waals surface area contributed by atoms with E-state index in [2.05, 4.69) is 20.0 Å². The highest BCUT2D eigenvalue weighted by atomic mass is 16.5. The highest BCUT2D eigenvalue weighted by Crippen LogP contribution is 2.23. The molecule has 25 heavy (non-hydrogen) atoms. The number of ether oxygens (including phenoxy) is 1. The zero-order valence-corrected chi connectivity index (χ0v) is 13.6. The van der Waals surface area contributed by atoms with Crippen LogP contribution in [0.3, 0.4) is 0 Å². The summed E-state index contributed by atoms with van der Waals surface area (Å²) < 4.78 is 5.16. The molecule has 1 aliphatic heterocycles. The Hall–Kier alpha value is -3.34. The second kappa shape index (κ2) is 6.65. The Morgan fingerprint density at radius 3 is 2.52 bits per heavy atom. The Kier molecular flexibility index (Phi) is 4.04. The molecule has 0 N–H and O–H groups in total. The van der Waals surface area contributed by atoms with E-state index in [1.54, 1.807) is 19.5 Å². The summed E-state index contributed by atoms with van der Waals surface area (Å²) >= 11 is 0. The highest BCUT2D eigenvalue weighted by Gasteiger charge is 2.21. The Morgan fingerprint density at radius 1 is 0.960 bits per heavy atom. The summed E-state index contributed by atoms with van der Waals surface area (Å²) in [5.41, 5.74) is 4.48. The SMILES string of the molecule is COc1ccc(C=NC2=CC=C3N=C(c4ccncc4)N=C3[CH]2)cc1. The molecule has 0 atom stereocenters. The lowest BCUT2D eigenvalue weighted by molar-refractivity contribution is 0.415. The molecule has 121 valence electrons. The topological polar surface area (TPSA) is 59.2 Å². The van der Waals surface area contributed by atoms with Crippen LogP contribution in [-0.2, 0) is 0 Å². The molecule has 5 heteroatoms. The average Bonchev–Trinajstić information content (AvgIpc) is 3.11. The maximum Gasteiger partial charge on any atom is 0.160 e. The Bertz CT molecular complexity index is 935. The number of rotatable bonds is 4. The minimum atomic E-state index is 0.702. The fraction of sp³-hybridized carbons (Fsp3) is 0.0500. The van der Waals surface area contributed by atoms with E-state index in [9.17, 15) is 0 Å². The lowest BCUT2D eigenvalue weighted by atomic mass is 10.1. The van der Waals surface area contributed by atoms with E-state index in [0.29, 0.717) is 5.84 Å². The summed E-state index contributed by atoms with van der Waals surface area (Å²) in [5, 5.41) is 0. The van der Waals surface area contributed by atoms with Crippen LogP contribution in [0.2, 0.25) is 0 Å². The minimum Gasteiger partial charge on any atom is -0.497 e. The van der Waals surface area contributed by atoms with E-state index < -0.39 is 0 Å². The van der Waals surface area contributed by atoms with Gasteiger partial charge in [-0.3, -0.25) is 9.98 Å². The molecule has 2 aromatic rings. The van der Waals surface area contributed by atoms with Crippen molar-refractivity contribution in [3.8, 4) is 5.75 Å². The van der Waals surface area contributed by atoms with Crippen LogP contribution in [0.1, 0.15) is 11.1 Å². The van der Waals surface area contributed by atoms with Gasteiger partial charge in [-0.05, 0) is 54.1 Å². The largest absolute Gasteiger partial charge is 0.497 e. The van der Waals surface area contributed by atoms with Crippen molar-refractivity contribution in [2.75, 3.05) is 7.11 Å². The number of allylic oxidation sites excluding steroid dienone is 4. The molecule has 1 aromatic carbocycles. The number of hydrogen-bond donors (Lipinski definition) is 0. The van der Waals surface area contributed by atoms with Crippen molar-refractivity contribution in [1.82, 2.24) is 4.98 Å². The zero-order valence-electron chi connectivity index (χ0n) is 13.6. The molecule has 1 radical (unpaired) electrons. The molecule has 2 heterocycles. The van der Waals surface area contributed by atoms with Crippen molar-refractivity contribution in [2.45, 2.75) is 0 Å². The second-order valence-electron chi connectivity index (χ2n) is 5.49. The van der Waals surface area contributed by atoms with Crippen LogP contribution in [0.4, 0.5) is 0 Å². The molecule has 0 unspecified atom stereocenters. The normalized spacial score (nSPS) is 16.0. The highest BCUT2D eigenvalue weighted by molar-refractivity contribution is 6.22. The van der Waals surface area contributed by atoms with Crippen molar-refractivity contribution in [2.24, 2.45) is 15.0 Å². The first-order valence-corrected chi connectivity index (χ1v) is 7.85. The van der Waals surface area contributed by atoms with Crippen LogP contribution in [-0.4, -0.2) is 29.9 Å². The first kappa shape index (κ1) is 15.2. The maximum absolute atomic E-state index is 5.16. The third kappa shape index (κ3) is 3.30. The molecule has 0 saturated carbocycles. The fourth-order valence-corrected chi connectivity index (χ4v) is 2.50. The van der Waals surface area contributed by atoms with Crippen LogP contribution >= 0.6 is 0 Å². The molecule has 5 nitrogen and oxygen atoms in total. The van der Waals surface area contributed by atoms with Gasteiger partial charge in [-0.25, -0.2) is 9.98 Å². The third-order valence-corrected chi connectivity index (χ3v) is 3.83. The van der Waals surface area contributed by atoms with Gasteiger partial charge in [-0.2, -0.15) is 0 Å². The van der Waals surface area contributed by atoms with Crippen LogP contribution in [0, 0.1) is 6.42 Å². The Morgan fingerprint density at radius 2 is 1.76 bits per heavy atom. The molecular weight excluding hydrogens is 312 g/mol. The number of benzene rings is 1. The van der Waals surface area contributed by atoms with Gasteiger partial charge >= 0.3 is 0 Å². The number of pyridine rings is 1. The van der Waals surface area contributed by atoms with E-state index in [-0.39, 0.29) is 0 Å². The molecule has 0 fully saturated rings. The molecule has 1 aliphatic carbocycles. The van der Waals surface area contributed by atoms with Gasteiger partial charge in [0, 0.05) is 24.2 Å². The molecule has 0 saturated heterocycles. The summed E-state index contributed by atoms with van der Waals surface area (Å²) in [6.45, 7) is 0. The Balaban J connectivity index is 1.49. The predicted octanol–water partition coefficient (Wildman–Crippen LogP) is 3.40. The zero-order chi connectivity index (χ0) is 17.1. The molecule has 1 aromatic heterocycles. The summed E-state index contributed by atoms with van der Waals surface area (Å²) in [4.78, 5) is 17.7. The van der Waals surface area contributed by atoms with E-state index in [0.717, 1.165) is 34.0 Å². The fourth-order valence-electron chi connectivity index (χ4n) is 2.50. The quantitative estimate of drug-likeness (QED) is 0.808. The van der Waals surface area contributed by atoms with E-state index in [1.807, 2.05) is 61.2 Å². The predicted molar refractivity (Wildman–Crippen MR) is 99.3 cm³/mol. The monoisotopic (exact) mass is 327 g/mol. The third-order valence-electron chi connectivity index (χ3n) is 3.83. The summed E-state index contributed by atoms with van der Waals surface area (Å²) in [5.74, 6) is 1.53. The van der Waals surface area contributed by atoms with Crippen molar-refractivity contribution in [1.29, 1.82) is 0 Å². The first-order chi connectivity index (χ1) is 12.3. The van der Waals surface area contributed by atoms with Gasteiger partial charge in [0.1, 0.15) is 5.75 Å². The van der Waals surface area contributed by atoms with Gasteiger partial charge in [-0.1, -0.05) is 0 Å². The molecule has 2 aliphatic rings. The van der Waals surface area contributed by atoms with E-state index in [4.69, 9.17) is 4.74 Å². The molecular formula is C20H15N4O. The van der Waals surface area contributed by atoms with Gasteiger partial charge < -0.3 is 4.74 Å². The van der Waals surface area contributed by atoms with Crippen LogP contribution in [0.25, 0.3) is 0 Å². The van der Waals surface area contributed by atoms with Crippen molar-refractivity contribution in [3.63, 3.8) is 0 Å². The second-order valence-corrected chi connectivity index (χ2v) is 5.49. The number of amidine groups is 1. The first-order valence-electron chi connectivity index (χ1n) is 7.85. The summed E-state index contributed by atoms with van der Waals surface area (Å²) in [7, 11) is 1.65. The smallest absolute Gasteiger partial charge is 0.160 e. The van der Waals surface area contributed by atoms with E-state index in [1.165, 1.54) is 0 Å². The standard InChI is InChI=1S/C20H15N4O/c1-25-17-5-2-14(3-6-17)13-22-16-4-7-18-19(12-16)24-20(23-18)15-8-10-21-11-9-15/h2-13H,1H3. The van der Waals surface area contributed by atoms with Crippen molar-refractivity contribution < 1.29 is 4.74 Å². The Labute approximate surface area is 145 Å². The molecule has 0 spiro atoms.